The Balaban J connectivity index is 2.12. The molecule has 146 valence electrons. The Morgan fingerprint density at radius 1 is 1.12 bits per heavy atom. The van der Waals surface area contributed by atoms with Gasteiger partial charge in [-0.3, -0.25) is 8.98 Å². The van der Waals surface area contributed by atoms with Gasteiger partial charge in [-0.25, -0.2) is 8.42 Å². The molecule has 0 unspecified atom stereocenters. The van der Waals surface area contributed by atoms with Gasteiger partial charge in [-0.15, -0.1) is 0 Å². The fourth-order valence-electron chi connectivity index (χ4n) is 2.58. The first kappa shape index (κ1) is 20.6. The molecule has 1 aliphatic heterocycles. The van der Waals surface area contributed by atoms with Crippen LogP contribution in [0.1, 0.15) is 12.8 Å². The van der Waals surface area contributed by atoms with Crippen LogP contribution in [0.2, 0.25) is 0 Å². The van der Waals surface area contributed by atoms with Crippen LogP contribution in [0.4, 0.5) is 0 Å². The second kappa shape index (κ2) is 7.91. The molecule has 1 heterocycles. The number of hydrogen-bond acceptors (Lipinski definition) is 8. The predicted octanol–water partition coefficient (Wildman–Crippen LogP) is 0.449. The molecule has 11 heteroatoms. The molecule has 1 saturated heterocycles. The molecule has 0 spiro atoms. The van der Waals surface area contributed by atoms with Crippen molar-refractivity contribution in [3.63, 3.8) is 0 Å². The first-order valence-electron chi connectivity index (χ1n) is 7.71. The SMILES string of the molecule is CS(=O)(=O)OCCOc1ccc(S(=O)(=O)C2(C(=O)O)CCOCC2)cc1. The molecule has 0 aliphatic carbocycles. The van der Waals surface area contributed by atoms with E-state index in [0.717, 1.165) is 6.26 Å². The van der Waals surface area contributed by atoms with Crippen molar-refractivity contribution in [3.05, 3.63) is 24.3 Å². The number of hydrogen-bond donors (Lipinski definition) is 1. The zero-order valence-electron chi connectivity index (χ0n) is 14.1. The van der Waals surface area contributed by atoms with E-state index in [1.165, 1.54) is 24.3 Å². The maximum Gasteiger partial charge on any atom is 0.325 e. The molecule has 0 aromatic heterocycles. The average molecular weight is 408 g/mol. The highest BCUT2D eigenvalue weighted by Crippen LogP contribution is 2.35. The monoisotopic (exact) mass is 408 g/mol. The molecule has 0 amide bonds. The van der Waals surface area contributed by atoms with Crippen molar-refractivity contribution >= 4 is 25.9 Å². The van der Waals surface area contributed by atoms with E-state index in [-0.39, 0.29) is 44.2 Å². The third-order valence-electron chi connectivity index (χ3n) is 3.99. The maximum absolute atomic E-state index is 12.9. The minimum absolute atomic E-state index is 0.0461. The van der Waals surface area contributed by atoms with Gasteiger partial charge in [0.25, 0.3) is 10.1 Å². The van der Waals surface area contributed by atoms with Gasteiger partial charge in [0.05, 0.1) is 11.2 Å². The Bertz CT molecular complexity index is 836. The molecule has 0 saturated carbocycles. The first-order chi connectivity index (χ1) is 12.1. The third-order valence-corrected chi connectivity index (χ3v) is 7.09. The minimum atomic E-state index is -4.12. The summed E-state index contributed by atoms with van der Waals surface area (Å²) in [5.74, 6) is -1.09. The Hall–Kier alpha value is -1.69. The Morgan fingerprint density at radius 2 is 1.69 bits per heavy atom. The fourth-order valence-corrected chi connectivity index (χ4v) is 4.83. The fraction of sp³-hybridized carbons (Fsp3) is 0.533. The topological polar surface area (TPSA) is 133 Å². The molecule has 1 fully saturated rings. The van der Waals surface area contributed by atoms with Crippen LogP contribution >= 0.6 is 0 Å². The Labute approximate surface area is 151 Å². The van der Waals surface area contributed by atoms with E-state index in [1.54, 1.807) is 0 Å². The van der Waals surface area contributed by atoms with E-state index in [4.69, 9.17) is 9.47 Å². The largest absolute Gasteiger partial charge is 0.491 e. The lowest BCUT2D eigenvalue weighted by molar-refractivity contribution is -0.142. The lowest BCUT2D eigenvalue weighted by Gasteiger charge is -2.32. The van der Waals surface area contributed by atoms with Gasteiger partial charge in [0.2, 0.25) is 0 Å². The van der Waals surface area contributed by atoms with Gasteiger partial charge in [-0.05, 0) is 24.3 Å². The van der Waals surface area contributed by atoms with E-state index < -0.39 is 30.7 Å². The summed E-state index contributed by atoms with van der Waals surface area (Å²) < 4.78 is 60.4. The molecule has 26 heavy (non-hydrogen) atoms. The number of carboxylic acid groups (broad SMARTS) is 1. The lowest BCUT2D eigenvalue weighted by Crippen LogP contribution is -2.50. The highest BCUT2D eigenvalue weighted by atomic mass is 32.2. The molecule has 1 aromatic carbocycles. The van der Waals surface area contributed by atoms with Crippen molar-refractivity contribution in [1.82, 2.24) is 0 Å². The van der Waals surface area contributed by atoms with E-state index in [9.17, 15) is 26.7 Å². The van der Waals surface area contributed by atoms with Crippen LogP contribution in [-0.4, -0.2) is 65.3 Å². The van der Waals surface area contributed by atoms with Gasteiger partial charge >= 0.3 is 5.97 Å². The zero-order valence-corrected chi connectivity index (χ0v) is 15.7. The van der Waals surface area contributed by atoms with Gasteiger partial charge in [0.15, 0.2) is 14.6 Å². The molecule has 2 rings (SSSR count). The molecule has 0 bridgehead atoms. The van der Waals surface area contributed by atoms with Crippen LogP contribution in [0.15, 0.2) is 29.2 Å². The number of ether oxygens (including phenoxy) is 2. The molecule has 1 N–H and O–H groups in total. The number of carboxylic acids is 1. The van der Waals surface area contributed by atoms with Crippen LogP contribution in [0.3, 0.4) is 0 Å². The molecule has 9 nitrogen and oxygen atoms in total. The van der Waals surface area contributed by atoms with Gasteiger partial charge in [0.1, 0.15) is 19.0 Å². The van der Waals surface area contributed by atoms with E-state index >= 15 is 0 Å². The third kappa shape index (κ3) is 4.53. The molecule has 0 atom stereocenters. The van der Waals surface area contributed by atoms with Crippen molar-refractivity contribution < 1.29 is 40.4 Å². The van der Waals surface area contributed by atoms with Crippen LogP contribution in [0.25, 0.3) is 0 Å². The summed E-state index contributed by atoms with van der Waals surface area (Å²) in [7, 11) is -7.68. The van der Waals surface area contributed by atoms with Gasteiger partial charge in [-0.1, -0.05) is 0 Å². The highest BCUT2D eigenvalue weighted by molar-refractivity contribution is 7.93. The van der Waals surface area contributed by atoms with Crippen LogP contribution in [0, 0.1) is 0 Å². The van der Waals surface area contributed by atoms with Crippen molar-refractivity contribution in [3.8, 4) is 5.75 Å². The van der Waals surface area contributed by atoms with Gasteiger partial charge in [-0.2, -0.15) is 8.42 Å². The van der Waals surface area contributed by atoms with Crippen molar-refractivity contribution in [2.24, 2.45) is 0 Å². The summed E-state index contributed by atoms with van der Waals surface area (Å²) in [5, 5.41) is 9.53. The van der Waals surface area contributed by atoms with Crippen LogP contribution in [-0.2, 0) is 33.7 Å². The number of sulfone groups is 1. The zero-order chi connectivity index (χ0) is 19.4. The first-order valence-corrected chi connectivity index (χ1v) is 11.0. The normalized spacial score (nSPS) is 17.6. The van der Waals surface area contributed by atoms with E-state index in [2.05, 4.69) is 4.18 Å². The highest BCUT2D eigenvalue weighted by Gasteiger charge is 2.52. The quantitative estimate of drug-likeness (QED) is 0.480. The Morgan fingerprint density at radius 3 is 2.19 bits per heavy atom. The van der Waals surface area contributed by atoms with Crippen LogP contribution < -0.4 is 4.74 Å². The summed E-state index contributed by atoms with van der Waals surface area (Å²) in [4.78, 5) is 11.6. The summed E-state index contributed by atoms with van der Waals surface area (Å²) in [5.41, 5.74) is 0. The van der Waals surface area contributed by atoms with Crippen molar-refractivity contribution in [1.29, 1.82) is 0 Å². The van der Waals surface area contributed by atoms with E-state index in [1.807, 2.05) is 0 Å². The molecular weight excluding hydrogens is 388 g/mol. The molecule has 1 aliphatic rings. The van der Waals surface area contributed by atoms with Gasteiger partial charge < -0.3 is 14.6 Å². The summed E-state index contributed by atoms with van der Waals surface area (Å²) >= 11 is 0. The second-order valence-electron chi connectivity index (χ2n) is 5.76. The number of benzene rings is 1. The molecular formula is C15H20O9S2. The lowest BCUT2D eigenvalue weighted by atomic mass is 9.99. The predicted molar refractivity (Wildman–Crippen MR) is 90.3 cm³/mol. The maximum atomic E-state index is 12.9. The average Bonchev–Trinajstić information content (AvgIpc) is 2.58. The number of rotatable bonds is 8. The number of aliphatic carboxylic acids is 1. The smallest absolute Gasteiger partial charge is 0.325 e. The summed E-state index contributed by atoms with van der Waals surface area (Å²) in [6, 6.07) is 5.29. The van der Waals surface area contributed by atoms with Gasteiger partial charge in [0, 0.05) is 26.1 Å². The summed E-state index contributed by atoms with van der Waals surface area (Å²) in [6.45, 7) is -0.100. The standard InChI is InChI=1S/C15H20O9S2/c1-25(18,19)24-11-10-23-12-2-4-13(5-3-12)26(20,21)15(14(16)17)6-8-22-9-7-15/h2-5H,6-11H2,1H3,(H,16,17). The van der Waals surface area contributed by atoms with Crippen LogP contribution in [0.5, 0.6) is 5.75 Å². The van der Waals surface area contributed by atoms with Crippen molar-refractivity contribution in [2.75, 3.05) is 32.7 Å². The Kier molecular flexibility index (Phi) is 6.27. The van der Waals surface area contributed by atoms with E-state index in [0.29, 0.717) is 5.75 Å². The molecule has 0 radical (unpaired) electrons. The molecule has 1 aromatic rings. The second-order valence-corrected chi connectivity index (χ2v) is 9.66. The summed E-state index contributed by atoms with van der Waals surface area (Å²) in [6.07, 6.45) is 0.679. The minimum Gasteiger partial charge on any atom is -0.491 e. The van der Waals surface area contributed by atoms with Crippen molar-refractivity contribution in [2.45, 2.75) is 22.5 Å². The number of carbonyl (C=O) groups is 1.